The van der Waals surface area contributed by atoms with Gasteiger partial charge in [0.1, 0.15) is 6.04 Å². The lowest BCUT2D eigenvalue weighted by molar-refractivity contribution is -0.129. The zero-order chi connectivity index (χ0) is 15.6. The summed E-state index contributed by atoms with van der Waals surface area (Å²) in [5, 5.41) is 11.0. The number of benzene rings is 1. The van der Waals surface area contributed by atoms with Crippen LogP contribution < -0.4 is 5.32 Å². The van der Waals surface area contributed by atoms with E-state index in [9.17, 15) is 4.79 Å². The number of anilines is 1. The van der Waals surface area contributed by atoms with Crippen molar-refractivity contribution in [1.29, 1.82) is 0 Å². The van der Waals surface area contributed by atoms with E-state index in [0.29, 0.717) is 12.6 Å². The van der Waals surface area contributed by atoms with E-state index in [1.807, 2.05) is 18.2 Å². The first kappa shape index (κ1) is 14.7. The summed E-state index contributed by atoms with van der Waals surface area (Å²) in [6.45, 7) is 2.06. The van der Waals surface area contributed by atoms with Gasteiger partial charge in [0, 0.05) is 23.7 Å². The molecule has 2 aromatic rings. The van der Waals surface area contributed by atoms with Gasteiger partial charge in [0.05, 0.1) is 24.9 Å². The summed E-state index contributed by atoms with van der Waals surface area (Å²) in [4.78, 5) is 15.1. The summed E-state index contributed by atoms with van der Waals surface area (Å²) in [5.74, 6) is 0.0273. The van der Waals surface area contributed by atoms with Crippen LogP contribution in [0.15, 0.2) is 24.4 Å². The molecular weight excluding hydrogens is 292 g/mol. The number of aromatic amines is 1. The number of carbonyl (C=O) groups is 1. The molecule has 0 unspecified atom stereocenters. The molecule has 1 aromatic heterocycles. The highest BCUT2D eigenvalue weighted by atomic mass is 16.5. The number of H-pyrrole nitrogens is 1. The average molecular weight is 314 g/mol. The van der Waals surface area contributed by atoms with E-state index in [0.717, 1.165) is 29.7 Å². The number of morpholine rings is 1. The lowest BCUT2D eigenvalue weighted by atomic mass is 10.1. The molecule has 1 saturated heterocycles. The van der Waals surface area contributed by atoms with Gasteiger partial charge in [-0.3, -0.25) is 14.8 Å². The van der Waals surface area contributed by atoms with Crippen LogP contribution in [0.1, 0.15) is 25.7 Å². The van der Waals surface area contributed by atoms with E-state index in [1.165, 1.54) is 25.7 Å². The van der Waals surface area contributed by atoms with Gasteiger partial charge in [-0.15, -0.1) is 0 Å². The van der Waals surface area contributed by atoms with Crippen molar-refractivity contribution in [1.82, 2.24) is 15.1 Å². The van der Waals surface area contributed by atoms with Crippen molar-refractivity contribution in [3.63, 3.8) is 0 Å². The van der Waals surface area contributed by atoms with Crippen LogP contribution in [0.4, 0.5) is 5.69 Å². The minimum Gasteiger partial charge on any atom is -0.378 e. The maximum Gasteiger partial charge on any atom is 0.244 e. The summed E-state index contributed by atoms with van der Waals surface area (Å²) in [5.41, 5.74) is 1.78. The number of hydrogen-bond acceptors (Lipinski definition) is 4. The van der Waals surface area contributed by atoms with Gasteiger partial charge in [-0.05, 0) is 31.0 Å². The first-order valence-corrected chi connectivity index (χ1v) is 8.39. The Morgan fingerprint density at radius 3 is 3.09 bits per heavy atom. The van der Waals surface area contributed by atoms with Gasteiger partial charge in [0.15, 0.2) is 0 Å². The zero-order valence-electron chi connectivity index (χ0n) is 13.1. The number of rotatable bonds is 3. The maximum absolute atomic E-state index is 12.8. The zero-order valence-corrected chi connectivity index (χ0v) is 13.1. The smallest absolute Gasteiger partial charge is 0.244 e. The van der Waals surface area contributed by atoms with Crippen LogP contribution in [-0.4, -0.2) is 52.8 Å². The van der Waals surface area contributed by atoms with Gasteiger partial charge in [-0.25, -0.2) is 0 Å². The van der Waals surface area contributed by atoms with Crippen LogP contribution in [0.2, 0.25) is 0 Å². The third-order valence-corrected chi connectivity index (χ3v) is 4.97. The third-order valence-electron chi connectivity index (χ3n) is 4.97. The van der Waals surface area contributed by atoms with Crippen molar-refractivity contribution in [2.75, 3.05) is 25.1 Å². The first-order valence-electron chi connectivity index (χ1n) is 8.39. The van der Waals surface area contributed by atoms with Gasteiger partial charge < -0.3 is 10.1 Å². The Balaban J connectivity index is 1.49. The van der Waals surface area contributed by atoms with Gasteiger partial charge in [-0.1, -0.05) is 12.8 Å². The van der Waals surface area contributed by atoms with Crippen molar-refractivity contribution < 1.29 is 9.53 Å². The SMILES string of the molecule is O=C(Nc1ccc2[nH]ncc2c1)[C@H]1COCCN1C1CCCC1. The molecule has 1 amide bonds. The van der Waals surface area contributed by atoms with E-state index < -0.39 is 0 Å². The molecule has 4 rings (SSSR count). The Morgan fingerprint density at radius 1 is 1.35 bits per heavy atom. The predicted molar refractivity (Wildman–Crippen MR) is 88.3 cm³/mol. The monoisotopic (exact) mass is 314 g/mol. The van der Waals surface area contributed by atoms with Gasteiger partial charge >= 0.3 is 0 Å². The van der Waals surface area contributed by atoms with E-state index >= 15 is 0 Å². The first-order chi connectivity index (χ1) is 11.3. The van der Waals surface area contributed by atoms with Crippen molar-refractivity contribution in [2.24, 2.45) is 0 Å². The predicted octanol–water partition coefficient (Wildman–Crippen LogP) is 2.14. The second-order valence-electron chi connectivity index (χ2n) is 6.43. The minimum atomic E-state index is -0.188. The molecule has 0 bridgehead atoms. The van der Waals surface area contributed by atoms with Crippen LogP contribution in [0.25, 0.3) is 10.9 Å². The number of amides is 1. The number of fused-ring (bicyclic) bond motifs is 1. The highest BCUT2D eigenvalue weighted by Crippen LogP contribution is 2.27. The topological polar surface area (TPSA) is 70.2 Å². The molecule has 1 aliphatic carbocycles. The largest absolute Gasteiger partial charge is 0.378 e. The van der Waals surface area contributed by atoms with Crippen molar-refractivity contribution in [3.05, 3.63) is 24.4 Å². The molecule has 23 heavy (non-hydrogen) atoms. The van der Waals surface area contributed by atoms with E-state index in [-0.39, 0.29) is 11.9 Å². The Bertz CT molecular complexity index is 693. The highest BCUT2D eigenvalue weighted by Gasteiger charge is 2.35. The second kappa shape index (κ2) is 6.29. The van der Waals surface area contributed by atoms with E-state index in [2.05, 4.69) is 20.4 Å². The van der Waals surface area contributed by atoms with Crippen molar-refractivity contribution in [3.8, 4) is 0 Å². The number of ether oxygens (including phenoxy) is 1. The molecule has 1 aromatic carbocycles. The Kier molecular flexibility index (Phi) is 4.01. The molecule has 1 aliphatic heterocycles. The summed E-state index contributed by atoms with van der Waals surface area (Å²) in [6, 6.07) is 6.13. The number of nitrogens with one attached hydrogen (secondary N) is 2. The standard InChI is InChI=1S/C17H22N4O2/c22-17(19-13-5-6-15-12(9-13)10-18-20-15)16-11-23-8-7-21(16)14-3-1-2-4-14/h5-6,9-10,14,16H,1-4,7-8,11H2,(H,18,20)(H,19,22)/t16-/m1/s1. The molecular formula is C17H22N4O2. The number of hydrogen-bond donors (Lipinski definition) is 2. The molecule has 0 spiro atoms. The fraction of sp³-hybridized carbons (Fsp3) is 0.529. The summed E-state index contributed by atoms with van der Waals surface area (Å²) >= 11 is 0. The van der Waals surface area contributed by atoms with Gasteiger partial charge in [-0.2, -0.15) is 5.10 Å². The summed E-state index contributed by atoms with van der Waals surface area (Å²) in [6.07, 6.45) is 6.70. The highest BCUT2D eigenvalue weighted by molar-refractivity contribution is 5.96. The summed E-state index contributed by atoms with van der Waals surface area (Å²) in [7, 11) is 0. The lowest BCUT2D eigenvalue weighted by Gasteiger charge is -2.38. The molecule has 2 fully saturated rings. The van der Waals surface area contributed by atoms with Crippen LogP contribution in [0.5, 0.6) is 0 Å². The van der Waals surface area contributed by atoms with Gasteiger partial charge in [0.25, 0.3) is 0 Å². The second-order valence-corrected chi connectivity index (χ2v) is 6.43. The molecule has 6 nitrogen and oxygen atoms in total. The fourth-order valence-electron chi connectivity index (χ4n) is 3.76. The lowest BCUT2D eigenvalue weighted by Crippen LogP contribution is -2.55. The Morgan fingerprint density at radius 2 is 2.22 bits per heavy atom. The molecule has 122 valence electrons. The molecule has 1 saturated carbocycles. The van der Waals surface area contributed by atoms with E-state index in [1.54, 1.807) is 6.20 Å². The molecule has 2 N–H and O–H groups in total. The van der Waals surface area contributed by atoms with Crippen LogP contribution in [0.3, 0.4) is 0 Å². The van der Waals surface area contributed by atoms with Crippen LogP contribution >= 0.6 is 0 Å². The normalized spacial score (nSPS) is 23.4. The maximum atomic E-state index is 12.8. The van der Waals surface area contributed by atoms with Crippen LogP contribution in [0, 0.1) is 0 Å². The number of aromatic nitrogens is 2. The number of carbonyl (C=O) groups excluding carboxylic acids is 1. The third kappa shape index (κ3) is 2.96. The summed E-state index contributed by atoms with van der Waals surface area (Å²) < 4.78 is 5.57. The van der Waals surface area contributed by atoms with Crippen molar-refractivity contribution in [2.45, 2.75) is 37.8 Å². The fourth-order valence-corrected chi connectivity index (χ4v) is 3.76. The van der Waals surface area contributed by atoms with Crippen molar-refractivity contribution >= 4 is 22.5 Å². The Hall–Kier alpha value is -1.92. The molecule has 2 aliphatic rings. The Labute approximate surface area is 135 Å². The average Bonchev–Trinajstić information content (AvgIpc) is 3.26. The minimum absolute atomic E-state index is 0.0273. The quantitative estimate of drug-likeness (QED) is 0.910. The molecule has 2 heterocycles. The molecule has 6 heteroatoms. The van der Waals surface area contributed by atoms with Gasteiger partial charge in [0.2, 0.25) is 5.91 Å². The number of nitrogens with zero attached hydrogens (tertiary/aromatic N) is 2. The molecule has 0 radical (unpaired) electrons. The molecule has 1 atom stereocenters. The van der Waals surface area contributed by atoms with E-state index in [4.69, 9.17) is 4.74 Å². The van der Waals surface area contributed by atoms with Crippen LogP contribution in [-0.2, 0) is 9.53 Å².